The Kier molecular flexibility index (Phi) is 5.51. The molecule has 25 heavy (non-hydrogen) atoms. The largest absolute Gasteiger partial charge is 0.573 e. The number of rotatable bonds is 5. The van der Waals surface area contributed by atoms with Gasteiger partial charge in [0.15, 0.2) is 0 Å². The molecule has 2 fully saturated rings. The van der Waals surface area contributed by atoms with Crippen LogP contribution in [0.1, 0.15) is 37.7 Å². The van der Waals surface area contributed by atoms with Gasteiger partial charge in [-0.1, -0.05) is 31.0 Å². The Labute approximate surface area is 145 Å². The molecule has 1 aliphatic carbocycles. The molecule has 3 atom stereocenters. The molecule has 3 unspecified atom stereocenters. The second-order valence-corrected chi connectivity index (χ2v) is 6.80. The summed E-state index contributed by atoms with van der Waals surface area (Å²) < 4.78 is 41.3. The lowest BCUT2D eigenvalue weighted by molar-refractivity contribution is -0.274. The fourth-order valence-corrected chi connectivity index (χ4v) is 3.90. The molecule has 7 heteroatoms. The number of amides is 1. The molecule has 3 rings (SSSR count). The normalized spacial score (nSPS) is 26.1. The number of fused-ring (bicyclic) bond motifs is 1. The van der Waals surface area contributed by atoms with Crippen LogP contribution < -0.4 is 15.4 Å². The van der Waals surface area contributed by atoms with Crippen LogP contribution in [0, 0.1) is 5.92 Å². The lowest BCUT2D eigenvalue weighted by Crippen LogP contribution is -2.43. The number of halogens is 3. The minimum Gasteiger partial charge on any atom is -0.406 e. The maximum atomic E-state index is 12.4. The van der Waals surface area contributed by atoms with Gasteiger partial charge in [-0.2, -0.15) is 0 Å². The van der Waals surface area contributed by atoms with Crippen molar-refractivity contribution < 1.29 is 22.7 Å². The van der Waals surface area contributed by atoms with E-state index in [1.807, 2.05) is 0 Å². The highest BCUT2D eigenvalue weighted by molar-refractivity contribution is 5.82. The van der Waals surface area contributed by atoms with Crippen LogP contribution in [-0.4, -0.2) is 30.9 Å². The number of carbonyl (C=O) groups excluding carboxylic acids is 1. The number of alkyl halides is 3. The number of nitrogens with one attached hydrogen (secondary N) is 2. The van der Waals surface area contributed by atoms with Crippen LogP contribution in [-0.2, 0) is 11.2 Å². The van der Waals surface area contributed by atoms with Crippen LogP contribution in [0.3, 0.4) is 0 Å². The summed E-state index contributed by atoms with van der Waals surface area (Å²) >= 11 is 0. The molecule has 2 aliphatic rings. The number of hydrogen-bond acceptors (Lipinski definition) is 3. The maximum absolute atomic E-state index is 12.4. The molecule has 1 heterocycles. The summed E-state index contributed by atoms with van der Waals surface area (Å²) in [6.07, 6.45) is 1.15. The van der Waals surface area contributed by atoms with Gasteiger partial charge >= 0.3 is 6.36 Å². The van der Waals surface area contributed by atoms with Crippen LogP contribution in [0.25, 0.3) is 0 Å². The van der Waals surface area contributed by atoms with Gasteiger partial charge < -0.3 is 15.4 Å². The molecule has 1 aromatic carbocycles. The number of ether oxygens (including phenoxy) is 1. The van der Waals surface area contributed by atoms with Crippen LogP contribution in [0.4, 0.5) is 13.2 Å². The first-order valence-electron chi connectivity index (χ1n) is 8.80. The zero-order chi connectivity index (χ0) is 17.9. The Balaban J connectivity index is 1.49. The van der Waals surface area contributed by atoms with Crippen LogP contribution in [0.15, 0.2) is 24.3 Å². The lowest BCUT2D eigenvalue weighted by Gasteiger charge is -2.24. The van der Waals surface area contributed by atoms with E-state index >= 15 is 0 Å². The monoisotopic (exact) mass is 356 g/mol. The van der Waals surface area contributed by atoms with E-state index in [0.29, 0.717) is 17.5 Å². The van der Waals surface area contributed by atoms with Gasteiger partial charge in [-0.3, -0.25) is 4.79 Å². The molecule has 4 nitrogen and oxygen atoms in total. The summed E-state index contributed by atoms with van der Waals surface area (Å²) in [6, 6.07) is 6.26. The predicted octanol–water partition coefficient (Wildman–Crippen LogP) is 3.16. The molecule has 0 bridgehead atoms. The fraction of sp³-hybridized carbons (Fsp3) is 0.611. The van der Waals surface area contributed by atoms with Crippen molar-refractivity contribution in [2.75, 3.05) is 6.54 Å². The van der Waals surface area contributed by atoms with Crippen molar-refractivity contribution in [3.05, 3.63) is 29.8 Å². The van der Waals surface area contributed by atoms with E-state index in [1.165, 1.54) is 31.4 Å². The third kappa shape index (κ3) is 4.87. The van der Waals surface area contributed by atoms with Gasteiger partial charge in [-0.25, -0.2) is 0 Å². The van der Waals surface area contributed by atoms with Crippen molar-refractivity contribution in [2.24, 2.45) is 5.92 Å². The van der Waals surface area contributed by atoms with Gasteiger partial charge in [-0.05, 0) is 43.2 Å². The molecular weight excluding hydrogens is 333 g/mol. The lowest BCUT2D eigenvalue weighted by atomic mass is 9.85. The van der Waals surface area contributed by atoms with Gasteiger partial charge in [0.2, 0.25) is 5.91 Å². The van der Waals surface area contributed by atoms with Crippen molar-refractivity contribution in [1.29, 1.82) is 0 Å². The summed E-state index contributed by atoms with van der Waals surface area (Å²) in [5.74, 6) is 0.295. The van der Waals surface area contributed by atoms with E-state index in [-0.39, 0.29) is 30.7 Å². The first-order chi connectivity index (χ1) is 11.9. The van der Waals surface area contributed by atoms with Crippen LogP contribution in [0.2, 0.25) is 0 Å². The third-order valence-electron chi connectivity index (χ3n) is 5.07. The maximum Gasteiger partial charge on any atom is 0.573 e. The summed E-state index contributed by atoms with van der Waals surface area (Å²) in [4.78, 5) is 12.3. The first-order valence-corrected chi connectivity index (χ1v) is 8.80. The van der Waals surface area contributed by atoms with E-state index < -0.39 is 6.36 Å². The average Bonchev–Trinajstić information content (AvgIpc) is 2.99. The van der Waals surface area contributed by atoms with Crippen molar-refractivity contribution in [1.82, 2.24) is 10.6 Å². The summed E-state index contributed by atoms with van der Waals surface area (Å²) in [6.45, 7) is 0.282. The highest BCUT2D eigenvalue weighted by Crippen LogP contribution is 2.33. The molecule has 0 radical (unpaired) electrons. The quantitative estimate of drug-likeness (QED) is 0.852. The minimum atomic E-state index is -4.72. The molecule has 0 spiro atoms. The number of carbonyl (C=O) groups is 1. The molecular formula is C18H23F3N2O2. The van der Waals surface area contributed by atoms with Crippen molar-refractivity contribution in [3.8, 4) is 5.75 Å². The van der Waals surface area contributed by atoms with Gasteiger partial charge in [0.1, 0.15) is 5.75 Å². The van der Waals surface area contributed by atoms with Crippen molar-refractivity contribution in [3.63, 3.8) is 0 Å². The molecule has 2 N–H and O–H groups in total. The van der Waals surface area contributed by atoms with Gasteiger partial charge in [0.25, 0.3) is 0 Å². The topological polar surface area (TPSA) is 50.4 Å². The standard InChI is InChI=1S/C18H23F3N2O2/c19-18(20,21)25-16-8-4-2-5-12(16)9-10-22-17(24)15-11-13-6-1-3-7-14(13)23-15/h2,4-5,8,13-15,23H,1,3,6-7,9-11H2,(H,22,24). The average molecular weight is 356 g/mol. The molecule has 1 saturated carbocycles. The Bertz CT molecular complexity index is 592. The zero-order valence-corrected chi connectivity index (χ0v) is 13.9. The molecule has 0 aromatic heterocycles. The Morgan fingerprint density at radius 2 is 2.00 bits per heavy atom. The summed E-state index contributed by atoms with van der Waals surface area (Å²) in [5.41, 5.74) is 0.424. The smallest absolute Gasteiger partial charge is 0.406 e. The predicted molar refractivity (Wildman–Crippen MR) is 87.1 cm³/mol. The molecule has 1 aromatic rings. The number of hydrogen-bond donors (Lipinski definition) is 2. The van der Waals surface area contributed by atoms with Gasteiger partial charge in [0, 0.05) is 12.6 Å². The molecule has 1 aliphatic heterocycles. The van der Waals surface area contributed by atoms with Crippen LogP contribution in [0.5, 0.6) is 5.75 Å². The SMILES string of the molecule is O=C(NCCc1ccccc1OC(F)(F)F)C1CC2CCCCC2N1. The fourth-order valence-electron chi connectivity index (χ4n) is 3.90. The van der Waals surface area contributed by atoms with E-state index in [0.717, 1.165) is 12.8 Å². The third-order valence-corrected chi connectivity index (χ3v) is 5.07. The van der Waals surface area contributed by atoms with Gasteiger partial charge in [0.05, 0.1) is 6.04 Å². The molecule has 1 amide bonds. The van der Waals surface area contributed by atoms with E-state index in [1.54, 1.807) is 12.1 Å². The Hall–Kier alpha value is -1.76. The van der Waals surface area contributed by atoms with Crippen molar-refractivity contribution in [2.45, 2.75) is 57.0 Å². The van der Waals surface area contributed by atoms with Gasteiger partial charge in [-0.15, -0.1) is 13.2 Å². The molecule has 138 valence electrons. The van der Waals surface area contributed by atoms with E-state index in [4.69, 9.17) is 0 Å². The van der Waals surface area contributed by atoms with Crippen LogP contribution >= 0.6 is 0 Å². The first kappa shape index (κ1) is 18.0. The second-order valence-electron chi connectivity index (χ2n) is 6.80. The Morgan fingerprint density at radius 3 is 2.76 bits per heavy atom. The van der Waals surface area contributed by atoms with E-state index in [9.17, 15) is 18.0 Å². The summed E-state index contributed by atoms with van der Waals surface area (Å²) in [7, 11) is 0. The zero-order valence-electron chi connectivity index (χ0n) is 13.9. The van der Waals surface area contributed by atoms with E-state index in [2.05, 4.69) is 15.4 Å². The highest BCUT2D eigenvalue weighted by atomic mass is 19.4. The number of para-hydroxylation sites is 1. The summed E-state index contributed by atoms with van der Waals surface area (Å²) in [5, 5.41) is 6.23. The highest BCUT2D eigenvalue weighted by Gasteiger charge is 2.38. The molecule has 1 saturated heterocycles. The Morgan fingerprint density at radius 1 is 1.24 bits per heavy atom. The number of benzene rings is 1. The second kappa shape index (κ2) is 7.64. The van der Waals surface area contributed by atoms with Crippen molar-refractivity contribution >= 4 is 5.91 Å². The minimum absolute atomic E-state index is 0.0661.